The Morgan fingerprint density at radius 3 is 2.46 bits per heavy atom. The van der Waals surface area contributed by atoms with Gasteiger partial charge in [0, 0.05) is 16.1 Å². The molecule has 1 amide bonds. The number of hydrogen-bond donors (Lipinski definition) is 0. The molecule has 0 unspecified atom stereocenters. The van der Waals surface area contributed by atoms with Gasteiger partial charge in [-0.3, -0.25) is 14.7 Å². The number of benzene rings is 2. The third-order valence-corrected chi connectivity index (χ3v) is 4.55. The molecule has 0 N–H and O–H groups in total. The predicted octanol–water partition coefficient (Wildman–Crippen LogP) is 4.66. The Labute approximate surface area is 152 Å². The highest BCUT2D eigenvalue weighted by Gasteiger charge is 2.42. The van der Waals surface area contributed by atoms with Crippen LogP contribution in [0.1, 0.15) is 35.3 Å². The first-order chi connectivity index (χ1) is 11.3. The van der Waals surface area contributed by atoms with Crippen LogP contribution in [0.3, 0.4) is 0 Å². The fourth-order valence-electron chi connectivity index (χ4n) is 2.77. The number of carbonyl (C=O) groups is 1. The lowest BCUT2D eigenvalue weighted by molar-refractivity contribution is 0.0758. The van der Waals surface area contributed by atoms with E-state index in [0.717, 1.165) is 11.1 Å². The minimum Gasteiger partial charge on any atom is -0.272 e. The molecule has 2 aromatic rings. The molecule has 1 aliphatic heterocycles. The summed E-state index contributed by atoms with van der Waals surface area (Å²) in [5, 5.41) is 0.648. The molecule has 3 nitrogen and oxygen atoms in total. The van der Waals surface area contributed by atoms with Gasteiger partial charge >= 0.3 is 0 Å². The van der Waals surface area contributed by atoms with E-state index < -0.39 is 5.66 Å². The Morgan fingerprint density at radius 1 is 1.17 bits per heavy atom. The molecule has 0 aliphatic carbocycles. The maximum absolute atomic E-state index is 13.0. The number of nitrogens with zero attached hydrogens (tertiary/aromatic N) is 2. The monoisotopic (exact) mass is 356 g/mol. The quantitative estimate of drug-likeness (QED) is 0.733. The zero-order valence-electron chi connectivity index (χ0n) is 13.7. The van der Waals surface area contributed by atoms with Gasteiger partial charge in [0.15, 0.2) is 0 Å². The predicted molar refractivity (Wildman–Crippen MR) is 102 cm³/mol. The van der Waals surface area contributed by atoms with E-state index in [0.29, 0.717) is 21.3 Å². The van der Waals surface area contributed by atoms with Gasteiger partial charge in [-0.15, -0.1) is 0 Å². The third kappa shape index (κ3) is 2.99. The van der Waals surface area contributed by atoms with Crippen LogP contribution in [-0.2, 0) is 0 Å². The van der Waals surface area contributed by atoms with Crippen LogP contribution in [0.4, 0.5) is 0 Å². The Hall–Kier alpha value is -2.04. The average Bonchev–Trinajstić information content (AvgIpc) is 2.77. The second-order valence-corrected chi connectivity index (χ2v) is 7.10. The highest BCUT2D eigenvalue weighted by molar-refractivity contribution is 7.82. The van der Waals surface area contributed by atoms with E-state index in [1.807, 2.05) is 51.1 Å². The molecule has 0 fully saturated rings. The van der Waals surface area contributed by atoms with Gasteiger partial charge in [0.05, 0.1) is 0 Å². The summed E-state index contributed by atoms with van der Waals surface area (Å²) in [4.78, 5) is 19.7. The second-order valence-electron chi connectivity index (χ2n) is 6.28. The van der Waals surface area contributed by atoms with Crippen LogP contribution < -0.4 is 0 Å². The Balaban J connectivity index is 1.98. The van der Waals surface area contributed by atoms with E-state index in [4.69, 9.17) is 23.8 Å². The number of aliphatic imine (C=N–C) groups is 1. The van der Waals surface area contributed by atoms with E-state index in [2.05, 4.69) is 4.99 Å². The van der Waals surface area contributed by atoms with Gasteiger partial charge in [-0.1, -0.05) is 53.6 Å². The highest BCUT2D eigenvalue weighted by atomic mass is 35.5. The molecule has 122 valence electrons. The molecular formula is C19H17ClN2OS. The van der Waals surface area contributed by atoms with Crippen molar-refractivity contribution in [3.05, 3.63) is 70.2 Å². The largest absolute Gasteiger partial charge is 0.272 e. The first-order valence-electron chi connectivity index (χ1n) is 7.61. The minimum absolute atomic E-state index is 0.138. The third-order valence-electron chi connectivity index (χ3n) is 3.92. The molecule has 24 heavy (non-hydrogen) atoms. The van der Waals surface area contributed by atoms with E-state index in [-0.39, 0.29) is 5.91 Å². The molecule has 5 heteroatoms. The Morgan fingerprint density at radius 2 is 1.83 bits per heavy atom. The molecule has 2 aromatic carbocycles. The number of aryl methyl sites for hydroxylation is 1. The topological polar surface area (TPSA) is 32.7 Å². The maximum atomic E-state index is 13.0. The molecule has 3 rings (SSSR count). The van der Waals surface area contributed by atoms with Crippen LogP contribution in [-0.4, -0.2) is 27.2 Å². The van der Waals surface area contributed by atoms with Crippen molar-refractivity contribution in [2.75, 3.05) is 0 Å². The van der Waals surface area contributed by atoms with Gasteiger partial charge in [0.1, 0.15) is 16.4 Å². The SMILES string of the molecule is Cc1cccc(C(=O)N2C(=S)C(c3ccc(Cl)cc3)=NC2(C)C)c1. The van der Waals surface area contributed by atoms with Crippen molar-refractivity contribution < 1.29 is 4.79 Å². The van der Waals surface area contributed by atoms with Crippen molar-refractivity contribution in [2.24, 2.45) is 4.99 Å². The molecule has 0 aromatic heterocycles. The van der Waals surface area contributed by atoms with Crippen LogP contribution in [0.5, 0.6) is 0 Å². The number of amides is 1. The summed E-state index contributed by atoms with van der Waals surface area (Å²) < 4.78 is 0. The van der Waals surface area contributed by atoms with Gasteiger partial charge in [-0.2, -0.15) is 0 Å². The molecule has 0 radical (unpaired) electrons. The lowest BCUT2D eigenvalue weighted by Crippen LogP contribution is -2.46. The van der Waals surface area contributed by atoms with Crippen molar-refractivity contribution in [3.63, 3.8) is 0 Å². The normalized spacial score (nSPS) is 16.2. The van der Waals surface area contributed by atoms with Crippen molar-refractivity contribution in [2.45, 2.75) is 26.4 Å². The van der Waals surface area contributed by atoms with E-state index in [1.165, 1.54) is 0 Å². The van der Waals surface area contributed by atoms with Crippen LogP contribution in [0.25, 0.3) is 0 Å². The van der Waals surface area contributed by atoms with Crippen molar-refractivity contribution >= 4 is 40.4 Å². The molecule has 1 heterocycles. The fourth-order valence-corrected chi connectivity index (χ4v) is 3.37. The summed E-state index contributed by atoms with van der Waals surface area (Å²) in [6.07, 6.45) is 0. The number of rotatable bonds is 2. The zero-order valence-corrected chi connectivity index (χ0v) is 15.3. The molecule has 0 atom stereocenters. The molecule has 0 saturated carbocycles. The van der Waals surface area contributed by atoms with E-state index >= 15 is 0 Å². The molecular weight excluding hydrogens is 340 g/mol. The second kappa shape index (κ2) is 6.11. The first-order valence-corrected chi connectivity index (χ1v) is 8.39. The van der Waals surface area contributed by atoms with Crippen LogP contribution >= 0.6 is 23.8 Å². The van der Waals surface area contributed by atoms with Crippen molar-refractivity contribution in [1.29, 1.82) is 0 Å². The van der Waals surface area contributed by atoms with E-state index in [9.17, 15) is 4.79 Å². The Kier molecular flexibility index (Phi) is 4.28. The zero-order chi connectivity index (χ0) is 17.5. The minimum atomic E-state index is -0.729. The fraction of sp³-hybridized carbons (Fsp3) is 0.211. The number of hydrogen-bond acceptors (Lipinski definition) is 3. The number of carbonyl (C=O) groups excluding carboxylic acids is 1. The van der Waals surface area contributed by atoms with Gasteiger partial charge in [0.2, 0.25) is 0 Å². The highest BCUT2D eigenvalue weighted by Crippen LogP contribution is 2.29. The molecule has 0 saturated heterocycles. The summed E-state index contributed by atoms with van der Waals surface area (Å²) in [6, 6.07) is 14.8. The van der Waals surface area contributed by atoms with Crippen LogP contribution in [0, 0.1) is 6.92 Å². The van der Waals surface area contributed by atoms with E-state index in [1.54, 1.807) is 23.1 Å². The number of thiocarbonyl (C=S) groups is 1. The first kappa shape index (κ1) is 16.8. The smallest absolute Gasteiger partial charge is 0.260 e. The molecule has 0 bridgehead atoms. The summed E-state index contributed by atoms with van der Waals surface area (Å²) in [6.45, 7) is 5.73. The van der Waals surface area contributed by atoms with Gasteiger partial charge in [0.25, 0.3) is 5.91 Å². The number of halogens is 1. The average molecular weight is 357 g/mol. The lowest BCUT2D eigenvalue weighted by Gasteiger charge is -2.29. The van der Waals surface area contributed by atoms with Gasteiger partial charge in [-0.25, -0.2) is 0 Å². The van der Waals surface area contributed by atoms with Gasteiger partial charge < -0.3 is 0 Å². The summed E-state index contributed by atoms with van der Waals surface area (Å²) in [5.74, 6) is -0.138. The summed E-state index contributed by atoms with van der Waals surface area (Å²) in [5.41, 5.74) is 2.41. The Bertz CT molecular complexity index is 856. The molecule has 1 aliphatic rings. The van der Waals surface area contributed by atoms with Gasteiger partial charge in [-0.05, 0) is 45.0 Å². The van der Waals surface area contributed by atoms with Crippen molar-refractivity contribution in [3.8, 4) is 0 Å². The van der Waals surface area contributed by atoms with Crippen LogP contribution in [0.15, 0.2) is 53.5 Å². The van der Waals surface area contributed by atoms with Crippen molar-refractivity contribution in [1.82, 2.24) is 4.90 Å². The summed E-state index contributed by atoms with van der Waals surface area (Å²) in [7, 11) is 0. The van der Waals surface area contributed by atoms with Crippen LogP contribution in [0.2, 0.25) is 5.02 Å². The lowest BCUT2D eigenvalue weighted by atomic mass is 10.1. The molecule has 0 spiro atoms. The maximum Gasteiger partial charge on any atom is 0.260 e. The summed E-state index contributed by atoms with van der Waals surface area (Å²) >= 11 is 11.5. The standard InChI is InChI=1S/C19H17ClN2OS/c1-12-5-4-6-14(11-12)17(23)22-18(24)16(21-19(22,2)3)13-7-9-15(20)10-8-13/h4-11H,1-3H3.